The van der Waals surface area contributed by atoms with Crippen molar-refractivity contribution < 1.29 is 19.0 Å². The van der Waals surface area contributed by atoms with Crippen molar-refractivity contribution in [1.82, 2.24) is 10.2 Å². The molecule has 1 unspecified atom stereocenters. The first-order valence-electron chi connectivity index (χ1n) is 8.65. The lowest BCUT2D eigenvalue weighted by Gasteiger charge is -2.22. The molecule has 0 bridgehead atoms. The summed E-state index contributed by atoms with van der Waals surface area (Å²) in [6.45, 7) is 7.19. The fraction of sp³-hybridized carbons (Fsp3) is 0.611. The molecule has 0 saturated carbocycles. The number of hydrogen-bond acceptors (Lipinski definition) is 5. The number of nitrogens with one attached hydrogen (secondary N) is 1. The number of ether oxygens (including phenoxy) is 3. The molecule has 2 aliphatic heterocycles. The lowest BCUT2D eigenvalue weighted by molar-refractivity contribution is 0.0943. The third kappa shape index (κ3) is 3.93. The lowest BCUT2D eigenvalue weighted by Crippen LogP contribution is -2.34. The second kappa shape index (κ2) is 7.75. The van der Waals surface area contributed by atoms with E-state index >= 15 is 0 Å². The number of likely N-dealkylation sites (tertiary alicyclic amines) is 1. The second-order valence-corrected chi connectivity index (χ2v) is 6.53. The van der Waals surface area contributed by atoms with Gasteiger partial charge in [-0.25, -0.2) is 0 Å². The summed E-state index contributed by atoms with van der Waals surface area (Å²) in [5, 5.41) is 3.01. The molecule has 6 nitrogen and oxygen atoms in total. The van der Waals surface area contributed by atoms with E-state index in [2.05, 4.69) is 17.1 Å². The molecule has 1 atom stereocenters. The van der Waals surface area contributed by atoms with Gasteiger partial charge in [0.1, 0.15) is 13.2 Å². The molecule has 0 radical (unpaired) electrons. The number of benzene rings is 1. The highest BCUT2D eigenvalue weighted by Gasteiger charge is 2.21. The standard InChI is InChI=1S/C18H26N2O4/c1-13(12-20-5-3-4-6-20)11-19-18(21)14-9-15(22-2)17-16(10-14)23-7-8-24-17/h9-10,13H,3-8,11-12H2,1-2H3,(H,19,21). The number of nitrogens with zero attached hydrogens (tertiary/aromatic N) is 1. The van der Waals surface area contributed by atoms with Gasteiger partial charge in [0.15, 0.2) is 11.5 Å². The Labute approximate surface area is 143 Å². The van der Waals surface area contributed by atoms with Crippen molar-refractivity contribution in [2.45, 2.75) is 19.8 Å². The van der Waals surface area contributed by atoms with Gasteiger partial charge in [0.25, 0.3) is 5.91 Å². The van der Waals surface area contributed by atoms with Crippen LogP contribution in [-0.2, 0) is 0 Å². The van der Waals surface area contributed by atoms with Gasteiger partial charge in [-0.05, 0) is 44.0 Å². The molecule has 0 spiro atoms. The van der Waals surface area contributed by atoms with E-state index in [0.29, 0.717) is 48.5 Å². The molecule has 6 heteroatoms. The maximum Gasteiger partial charge on any atom is 0.251 e. The van der Waals surface area contributed by atoms with E-state index in [1.807, 2.05) is 0 Å². The molecule has 1 N–H and O–H groups in total. The van der Waals surface area contributed by atoms with E-state index in [4.69, 9.17) is 14.2 Å². The first kappa shape index (κ1) is 16.9. The summed E-state index contributed by atoms with van der Waals surface area (Å²) in [5.74, 6) is 1.98. The van der Waals surface area contributed by atoms with E-state index in [9.17, 15) is 4.79 Å². The number of carbonyl (C=O) groups excluding carboxylic acids is 1. The van der Waals surface area contributed by atoms with Crippen LogP contribution in [0.3, 0.4) is 0 Å². The minimum Gasteiger partial charge on any atom is -0.493 e. The fourth-order valence-electron chi connectivity index (χ4n) is 3.24. The number of carbonyl (C=O) groups is 1. The summed E-state index contributed by atoms with van der Waals surface area (Å²) in [6, 6.07) is 3.42. The highest BCUT2D eigenvalue weighted by atomic mass is 16.6. The van der Waals surface area contributed by atoms with Gasteiger partial charge in [-0.2, -0.15) is 0 Å². The highest BCUT2D eigenvalue weighted by molar-refractivity contribution is 5.95. The molecule has 1 fully saturated rings. The third-order valence-corrected chi connectivity index (χ3v) is 4.47. The maximum atomic E-state index is 12.5. The van der Waals surface area contributed by atoms with Crippen LogP contribution in [0.2, 0.25) is 0 Å². The lowest BCUT2D eigenvalue weighted by atomic mass is 10.1. The van der Waals surface area contributed by atoms with Crippen molar-refractivity contribution in [2.24, 2.45) is 5.92 Å². The monoisotopic (exact) mass is 334 g/mol. The number of methoxy groups -OCH3 is 1. The molecule has 1 aromatic rings. The quantitative estimate of drug-likeness (QED) is 0.861. The minimum absolute atomic E-state index is 0.112. The molecule has 1 aromatic carbocycles. The number of fused-ring (bicyclic) bond motifs is 1. The Morgan fingerprint density at radius 3 is 2.79 bits per heavy atom. The topological polar surface area (TPSA) is 60.0 Å². The van der Waals surface area contributed by atoms with Gasteiger partial charge in [-0.15, -0.1) is 0 Å². The summed E-state index contributed by atoms with van der Waals surface area (Å²) >= 11 is 0. The molecule has 24 heavy (non-hydrogen) atoms. The number of amides is 1. The predicted octanol–water partition coefficient (Wildman–Crippen LogP) is 1.93. The highest BCUT2D eigenvalue weighted by Crippen LogP contribution is 2.40. The molecule has 1 amide bonds. The van der Waals surface area contributed by atoms with Crippen LogP contribution >= 0.6 is 0 Å². The van der Waals surface area contributed by atoms with Gasteiger partial charge in [-0.3, -0.25) is 4.79 Å². The Bertz CT molecular complexity index is 567. The van der Waals surface area contributed by atoms with Crippen LogP contribution in [0.5, 0.6) is 17.2 Å². The van der Waals surface area contributed by atoms with E-state index in [1.165, 1.54) is 25.9 Å². The normalized spacial score (nSPS) is 18.2. The molecule has 1 saturated heterocycles. The van der Waals surface area contributed by atoms with Crippen LogP contribution < -0.4 is 19.5 Å². The van der Waals surface area contributed by atoms with Gasteiger partial charge in [-0.1, -0.05) is 6.92 Å². The Morgan fingerprint density at radius 2 is 2.04 bits per heavy atom. The molecule has 2 heterocycles. The van der Waals surface area contributed by atoms with E-state index < -0.39 is 0 Å². The summed E-state index contributed by atoms with van der Waals surface area (Å²) in [7, 11) is 1.56. The van der Waals surface area contributed by atoms with E-state index in [1.54, 1.807) is 19.2 Å². The van der Waals surface area contributed by atoms with E-state index in [0.717, 1.165) is 6.54 Å². The SMILES string of the molecule is COc1cc(C(=O)NCC(C)CN2CCCC2)cc2c1OCCO2. The molecular formula is C18H26N2O4. The van der Waals surface area contributed by atoms with Gasteiger partial charge in [0.05, 0.1) is 7.11 Å². The molecular weight excluding hydrogens is 308 g/mol. The first-order chi connectivity index (χ1) is 11.7. The molecule has 3 rings (SSSR count). The number of hydrogen-bond donors (Lipinski definition) is 1. The van der Waals surface area contributed by atoms with Crippen molar-refractivity contribution >= 4 is 5.91 Å². The Kier molecular flexibility index (Phi) is 5.45. The summed E-state index contributed by atoms with van der Waals surface area (Å²) in [6.07, 6.45) is 2.58. The minimum atomic E-state index is -0.112. The average Bonchev–Trinajstić information content (AvgIpc) is 3.11. The molecule has 0 aliphatic carbocycles. The van der Waals surface area contributed by atoms with Crippen LogP contribution in [0.1, 0.15) is 30.1 Å². The summed E-state index contributed by atoms with van der Waals surface area (Å²) in [5.41, 5.74) is 0.532. The van der Waals surface area contributed by atoms with Crippen LogP contribution in [0.4, 0.5) is 0 Å². The van der Waals surface area contributed by atoms with Crippen molar-refractivity contribution in [3.05, 3.63) is 17.7 Å². The van der Waals surface area contributed by atoms with Gasteiger partial charge in [0.2, 0.25) is 5.75 Å². The largest absolute Gasteiger partial charge is 0.493 e. The zero-order valence-electron chi connectivity index (χ0n) is 14.5. The van der Waals surface area contributed by atoms with Crippen LogP contribution in [0.15, 0.2) is 12.1 Å². The van der Waals surface area contributed by atoms with Crippen LogP contribution in [0.25, 0.3) is 0 Å². The van der Waals surface area contributed by atoms with E-state index in [-0.39, 0.29) is 5.91 Å². The molecule has 2 aliphatic rings. The fourth-order valence-corrected chi connectivity index (χ4v) is 3.24. The second-order valence-electron chi connectivity index (χ2n) is 6.53. The van der Waals surface area contributed by atoms with Crippen molar-refractivity contribution in [3.8, 4) is 17.2 Å². The maximum absolute atomic E-state index is 12.5. The van der Waals surface area contributed by atoms with Crippen molar-refractivity contribution in [1.29, 1.82) is 0 Å². The molecule has 0 aromatic heterocycles. The van der Waals surface area contributed by atoms with Crippen molar-refractivity contribution in [3.63, 3.8) is 0 Å². The van der Waals surface area contributed by atoms with Gasteiger partial charge >= 0.3 is 0 Å². The summed E-state index contributed by atoms with van der Waals surface area (Å²) in [4.78, 5) is 14.9. The zero-order chi connectivity index (χ0) is 16.9. The third-order valence-electron chi connectivity index (χ3n) is 4.47. The first-order valence-corrected chi connectivity index (χ1v) is 8.65. The Hall–Kier alpha value is -1.95. The van der Waals surface area contributed by atoms with Gasteiger partial charge in [0, 0.05) is 18.7 Å². The summed E-state index contributed by atoms with van der Waals surface area (Å²) < 4.78 is 16.5. The Balaban J connectivity index is 1.60. The smallest absolute Gasteiger partial charge is 0.251 e. The van der Waals surface area contributed by atoms with Crippen molar-refractivity contribution in [2.75, 3.05) is 46.5 Å². The van der Waals surface area contributed by atoms with Crippen LogP contribution in [-0.4, -0.2) is 57.3 Å². The Morgan fingerprint density at radius 1 is 1.29 bits per heavy atom. The van der Waals surface area contributed by atoms with Gasteiger partial charge < -0.3 is 24.4 Å². The zero-order valence-corrected chi connectivity index (χ0v) is 14.5. The predicted molar refractivity (Wildman–Crippen MR) is 91.2 cm³/mol. The number of rotatable bonds is 6. The van der Waals surface area contributed by atoms with Crippen LogP contribution in [0, 0.1) is 5.92 Å². The molecule has 132 valence electrons. The average molecular weight is 334 g/mol.